The number of anilines is 2. The third-order valence-electron chi connectivity index (χ3n) is 4.91. The number of hydrogen-bond donors (Lipinski definition) is 3. The van der Waals surface area contributed by atoms with Crippen molar-refractivity contribution in [2.24, 2.45) is 5.92 Å². The second-order valence-electron chi connectivity index (χ2n) is 8.47. The Morgan fingerprint density at radius 1 is 1.06 bits per heavy atom. The van der Waals surface area contributed by atoms with Gasteiger partial charge in [0, 0.05) is 6.42 Å². The number of aliphatic hydroxyl groups is 1. The molecule has 3 N–H and O–H groups in total. The SMILES string of the molecule is CC(C)C[C@H](CO)Nc1nc(CC(C)c2ccc(-n3ccnn3)cc2)nc(NS(C)(=O)=O)n1. The molecule has 0 saturated carbocycles. The van der Waals surface area contributed by atoms with Crippen LogP contribution in [0.25, 0.3) is 5.69 Å². The molecule has 0 spiro atoms. The number of rotatable bonds is 11. The van der Waals surface area contributed by atoms with Crippen LogP contribution in [0.1, 0.15) is 44.5 Å². The summed E-state index contributed by atoms with van der Waals surface area (Å²) in [6, 6.07) is 7.66. The number of benzene rings is 1. The number of nitrogens with zero attached hydrogens (tertiary/aromatic N) is 6. The molecule has 3 rings (SSSR count). The molecule has 0 fully saturated rings. The highest BCUT2D eigenvalue weighted by molar-refractivity contribution is 7.91. The first kappa shape index (κ1) is 24.5. The minimum absolute atomic E-state index is 0.0556. The summed E-state index contributed by atoms with van der Waals surface area (Å²) in [4.78, 5) is 13.0. The number of aromatic nitrogens is 6. The van der Waals surface area contributed by atoms with E-state index in [1.807, 2.05) is 31.2 Å². The van der Waals surface area contributed by atoms with Crippen molar-refractivity contribution in [1.29, 1.82) is 0 Å². The lowest BCUT2D eigenvalue weighted by molar-refractivity contribution is 0.259. The number of sulfonamides is 1. The molecule has 0 aliphatic rings. The molecule has 0 saturated heterocycles. The predicted molar refractivity (Wildman–Crippen MR) is 126 cm³/mol. The number of hydrogen-bond acceptors (Lipinski definition) is 9. The van der Waals surface area contributed by atoms with Crippen LogP contribution in [0, 0.1) is 5.92 Å². The van der Waals surface area contributed by atoms with Crippen LogP contribution in [0.15, 0.2) is 36.7 Å². The molecule has 3 aromatic rings. The molecule has 0 radical (unpaired) electrons. The topological polar surface area (TPSA) is 148 Å². The van der Waals surface area contributed by atoms with Gasteiger partial charge in [0.15, 0.2) is 0 Å². The van der Waals surface area contributed by atoms with E-state index in [1.54, 1.807) is 17.1 Å². The standard InChI is InChI=1S/C21H30N8O3S/c1-14(2)11-17(13-30)23-20-24-19(25-21(26-20)27-33(4,31)32)12-15(3)16-5-7-18(8-6-16)29-10-9-22-28-29/h5-10,14-15,17,30H,11-13H2,1-4H3,(H2,23,24,25,26,27)/t15?,17-/m1/s1. The van der Waals surface area contributed by atoms with Crippen molar-refractivity contribution in [2.75, 3.05) is 22.9 Å². The zero-order valence-electron chi connectivity index (χ0n) is 19.2. The van der Waals surface area contributed by atoms with Crippen LogP contribution in [0.3, 0.4) is 0 Å². The zero-order valence-corrected chi connectivity index (χ0v) is 20.0. The Balaban J connectivity index is 1.81. The van der Waals surface area contributed by atoms with Gasteiger partial charge in [-0.2, -0.15) is 15.0 Å². The van der Waals surface area contributed by atoms with E-state index in [2.05, 4.69) is 49.2 Å². The third-order valence-corrected chi connectivity index (χ3v) is 5.46. The van der Waals surface area contributed by atoms with Crippen LogP contribution in [0.2, 0.25) is 0 Å². The molecule has 33 heavy (non-hydrogen) atoms. The smallest absolute Gasteiger partial charge is 0.241 e. The molecular weight excluding hydrogens is 444 g/mol. The normalized spacial score (nSPS) is 13.6. The Morgan fingerprint density at radius 2 is 1.76 bits per heavy atom. The van der Waals surface area contributed by atoms with E-state index in [1.165, 1.54) is 0 Å². The summed E-state index contributed by atoms with van der Waals surface area (Å²) in [5, 5.41) is 20.6. The summed E-state index contributed by atoms with van der Waals surface area (Å²) in [6.45, 7) is 6.05. The van der Waals surface area contributed by atoms with Crippen molar-refractivity contribution >= 4 is 21.9 Å². The fourth-order valence-electron chi connectivity index (χ4n) is 3.41. The van der Waals surface area contributed by atoms with Gasteiger partial charge in [0.1, 0.15) is 5.82 Å². The molecule has 178 valence electrons. The van der Waals surface area contributed by atoms with Gasteiger partial charge in [-0.25, -0.2) is 13.1 Å². The van der Waals surface area contributed by atoms with Crippen LogP contribution in [0.4, 0.5) is 11.9 Å². The van der Waals surface area contributed by atoms with E-state index in [9.17, 15) is 13.5 Å². The number of aliphatic hydroxyl groups excluding tert-OH is 1. The first-order valence-electron chi connectivity index (χ1n) is 10.7. The lowest BCUT2D eigenvalue weighted by Crippen LogP contribution is -2.27. The highest BCUT2D eigenvalue weighted by Crippen LogP contribution is 2.22. The Labute approximate surface area is 193 Å². The summed E-state index contributed by atoms with van der Waals surface area (Å²) < 4.78 is 27.5. The predicted octanol–water partition coefficient (Wildman–Crippen LogP) is 1.99. The van der Waals surface area contributed by atoms with Gasteiger partial charge in [0.25, 0.3) is 0 Å². The van der Waals surface area contributed by atoms with Crippen molar-refractivity contribution in [2.45, 2.75) is 45.6 Å². The maximum atomic E-state index is 11.7. The summed E-state index contributed by atoms with van der Waals surface area (Å²) in [5.41, 5.74) is 1.97. The number of nitrogens with one attached hydrogen (secondary N) is 2. The van der Waals surface area contributed by atoms with Crippen molar-refractivity contribution in [3.63, 3.8) is 0 Å². The molecule has 0 aliphatic carbocycles. The first-order valence-corrected chi connectivity index (χ1v) is 12.6. The lowest BCUT2D eigenvalue weighted by Gasteiger charge is -2.19. The Kier molecular flexibility index (Phi) is 7.92. The average Bonchev–Trinajstić information content (AvgIpc) is 3.26. The maximum Gasteiger partial charge on any atom is 0.241 e. The van der Waals surface area contributed by atoms with Crippen molar-refractivity contribution < 1.29 is 13.5 Å². The van der Waals surface area contributed by atoms with Crippen molar-refractivity contribution in [3.8, 4) is 5.69 Å². The molecular formula is C21H30N8O3S. The van der Waals surface area contributed by atoms with E-state index < -0.39 is 10.0 Å². The monoisotopic (exact) mass is 474 g/mol. The van der Waals surface area contributed by atoms with E-state index in [-0.39, 0.29) is 30.5 Å². The van der Waals surface area contributed by atoms with Gasteiger partial charge in [-0.3, -0.25) is 4.72 Å². The average molecular weight is 475 g/mol. The van der Waals surface area contributed by atoms with Gasteiger partial charge in [0.05, 0.1) is 37.0 Å². The fraction of sp³-hybridized carbons (Fsp3) is 0.476. The summed E-state index contributed by atoms with van der Waals surface area (Å²) in [5.74, 6) is 1.01. The molecule has 0 bridgehead atoms. The van der Waals surface area contributed by atoms with E-state index in [0.29, 0.717) is 24.6 Å². The Bertz CT molecular complexity index is 1130. The molecule has 1 aromatic carbocycles. The second kappa shape index (κ2) is 10.7. The minimum Gasteiger partial charge on any atom is -0.394 e. The highest BCUT2D eigenvalue weighted by Gasteiger charge is 2.17. The summed E-state index contributed by atoms with van der Waals surface area (Å²) in [6.07, 6.45) is 5.60. The van der Waals surface area contributed by atoms with Crippen LogP contribution >= 0.6 is 0 Å². The van der Waals surface area contributed by atoms with Gasteiger partial charge in [-0.05, 0) is 36.0 Å². The van der Waals surface area contributed by atoms with E-state index >= 15 is 0 Å². The van der Waals surface area contributed by atoms with Crippen LogP contribution in [-0.4, -0.2) is 62.4 Å². The molecule has 2 aromatic heterocycles. The molecule has 12 heteroatoms. The van der Waals surface area contributed by atoms with Gasteiger partial charge >= 0.3 is 0 Å². The Morgan fingerprint density at radius 3 is 2.33 bits per heavy atom. The third kappa shape index (κ3) is 7.46. The fourth-order valence-corrected chi connectivity index (χ4v) is 3.83. The minimum atomic E-state index is -3.56. The maximum absolute atomic E-state index is 11.7. The molecule has 2 heterocycles. The molecule has 2 atom stereocenters. The van der Waals surface area contributed by atoms with Gasteiger partial charge in [-0.1, -0.05) is 38.1 Å². The highest BCUT2D eigenvalue weighted by atomic mass is 32.2. The Hall–Kier alpha value is -3.12. The largest absolute Gasteiger partial charge is 0.394 e. The lowest BCUT2D eigenvalue weighted by atomic mass is 9.97. The van der Waals surface area contributed by atoms with Gasteiger partial charge in [-0.15, -0.1) is 5.10 Å². The summed E-state index contributed by atoms with van der Waals surface area (Å²) in [7, 11) is -3.56. The molecule has 1 unspecified atom stereocenters. The van der Waals surface area contributed by atoms with E-state index in [0.717, 1.165) is 17.5 Å². The van der Waals surface area contributed by atoms with Crippen LogP contribution in [0.5, 0.6) is 0 Å². The quantitative estimate of drug-likeness (QED) is 0.379. The zero-order chi connectivity index (χ0) is 24.0. The van der Waals surface area contributed by atoms with Gasteiger partial charge in [0.2, 0.25) is 21.9 Å². The molecule has 11 nitrogen and oxygen atoms in total. The van der Waals surface area contributed by atoms with Crippen LogP contribution in [-0.2, 0) is 16.4 Å². The second-order valence-corrected chi connectivity index (χ2v) is 10.2. The van der Waals surface area contributed by atoms with Crippen LogP contribution < -0.4 is 10.0 Å². The van der Waals surface area contributed by atoms with Crippen molar-refractivity contribution in [3.05, 3.63) is 48.0 Å². The summed E-state index contributed by atoms with van der Waals surface area (Å²) >= 11 is 0. The van der Waals surface area contributed by atoms with E-state index in [4.69, 9.17) is 0 Å². The molecule has 0 amide bonds. The molecule has 0 aliphatic heterocycles. The first-order chi connectivity index (χ1) is 15.6. The van der Waals surface area contributed by atoms with Gasteiger partial charge < -0.3 is 10.4 Å². The van der Waals surface area contributed by atoms with Crippen molar-refractivity contribution in [1.82, 2.24) is 29.9 Å².